The van der Waals surface area contributed by atoms with E-state index in [0.29, 0.717) is 30.7 Å². The molecule has 4 rings (SSSR count). The van der Waals surface area contributed by atoms with Gasteiger partial charge in [-0.15, -0.1) is 0 Å². The summed E-state index contributed by atoms with van der Waals surface area (Å²) < 4.78 is 25.9. The van der Waals surface area contributed by atoms with Crippen LogP contribution in [0.2, 0.25) is 0 Å². The fraction of sp³-hybridized carbons (Fsp3) is 0.467. The maximum Gasteiger partial charge on any atom is 0.308 e. The molecule has 1 aliphatic heterocycles. The van der Waals surface area contributed by atoms with Crippen molar-refractivity contribution in [1.82, 2.24) is 9.88 Å². The van der Waals surface area contributed by atoms with Gasteiger partial charge >= 0.3 is 5.97 Å². The van der Waals surface area contributed by atoms with Crippen molar-refractivity contribution >= 4 is 16.9 Å². The van der Waals surface area contributed by atoms with Gasteiger partial charge in [0, 0.05) is 18.1 Å². The molecule has 1 fully saturated rings. The van der Waals surface area contributed by atoms with E-state index in [-0.39, 0.29) is 5.92 Å². The van der Waals surface area contributed by atoms with Gasteiger partial charge in [-0.25, -0.2) is 4.39 Å². The molecule has 37 heavy (non-hydrogen) atoms. The second-order valence-corrected chi connectivity index (χ2v) is 9.93. The van der Waals surface area contributed by atoms with Crippen LogP contribution >= 0.6 is 0 Å². The highest BCUT2D eigenvalue weighted by molar-refractivity contribution is 5.83. The highest BCUT2D eigenvalue weighted by Gasteiger charge is 2.34. The third-order valence-electron chi connectivity index (χ3n) is 7.62. The predicted octanol–water partition coefficient (Wildman–Crippen LogP) is 6.09. The van der Waals surface area contributed by atoms with Crippen LogP contribution in [0.5, 0.6) is 11.5 Å². The van der Waals surface area contributed by atoms with E-state index < -0.39 is 18.1 Å². The van der Waals surface area contributed by atoms with Crippen molar-refractivity contribution in [3.05, 3.63) is 65.9 Å². The van der Waals surface area contributed by atoms with Crippen molar-refractivity contribution < 1.29 is 23.8 Å². The molecular formula is C30H37FN2O4. The molecule has 0 saturated carbocycles. The number of rotatable bonds is 12. The molecule has 3 atom stereocenters. The molecule has 1 aromatic heterocycles. The van der Waals surface area contributed by atoms with Crippen LogP contribution in [-0.4, -0.2) is 54.8 Å². The van der Waals surface area contributed by atoms with Gasteiger partial charge in [-0.05, 0) is 105 Å². The minimum absolute atomic E-state index is 0.0195. The van der Waals surface area contributed by atoms with Gasteiger partial charge in [0.25, 0.3) is 0 Å². The summed E-state index contributed by atoms with van der Waals surface area (Å²) in [5.41, 5.74) is 2.60. The number of methoxy groups -OCH3 is 2. The number of benzene rings is 2. The van der Waals surface area contributed by atoms with E-state index in [1.807, 2.05) is 30.3 Å². The Hall–Kier alpha value is -3.19. The number of unbranched alkanes of at least 4 members (excludes halogenated alkanes) is 1. The number of aromatic nitrogens is 1. The Morgan fingerprint density at radius 2 is 1.86 bits per heavy atom. The lowest BCUT2D eigenvalue weighted by atomic mass is 9.81. The zero-order valence-electron chi connectivity index (χ0n) is 21.7. The van der Waals surface area contributed by atoms with Gasteiger partial charge in [0.05, 0.1) is 25.7 Å². The number of ether oxygens (including phenoxy) is 2. The largest absolute Gasteiger partial charge is 0.497 e. The molecule has 2 heterocycles. The number of fused-ring (bicyclic) bond motifs is 1. The van der Waals surface area contributed by atoms with Gasteiger partial charge in [-0.3, -0.25) is 9.78 Å². The van der Waals surface area contributed by atoms with Gasteiger partial charge in [-0.1, -0.05) is 12.1 Å². The minimum Gasteiger partial charge on any atom is -0.497 e. The standard InChI is InChI=1S/C30H37FN2O4/c1-36-23-9-6-21(7-10-23)5-3-4-17-33-18-15-22(27(20-33)30(34)35)8-12-28(31)25-14-16-32-29-13-11-24(37-2)19-26(25)29/h6-7,9-11,13-14,16,19,22,27-28H,3-5,8,12,15,17-18,20H2,1-2H3,(H,34,35)/t22-,27+,28?/m1/s1. The first-order valence-electron chi connectivity index (χ1n) is 13.1. The lowest BCUT2D eigenvalue weighted by Crippen LogP contribution is -2.44. The number of halogens is 1. The average molecular weight is 509 g/mol. The van der Waals surface area contributed by atoms with E-state index in [2.05, 4.69) is 22.0 Å². The molecule has 1 aliphatic rings. The summed E-state index contributed by atoms with van der Waals surface area (Å²) in [5.74, 6) is 0.268. The first-order chi connectivity index (χ1) is 18.0. The fourth-order valence-electron chi connectivity index (χ4n) is 5.42. The number of aryl methyl sites for hydroxylation is 1. The molecule has 0 amide bonds. The number of likely N-dealkylation sites (tertiary alicyclic amines) is 1. The molecule has 3 aromatic rings. The van der Waals surface area contributed by atoms with Crippen LogP contribution in [0.3, 0.4) is 0 Å². The number of piperidine rings is 1. The maximum absolute atomic E-state index is 15.4. The molecular weight excluding hydrogens is 471 g/mol. The van der Waals surface area contributed by atoms with Gasteiger partial charge in [0.1, 0.15) is 17.7 Å². The van der Waals surface area contributed by atoms with E-state index in [0.717, 1.165) is 55.4 Å². The number of nitrogens with zero attached hydrogens (tertiary/aromatic N) is 2. The average Bonchev–Trinajstić information content (AvgIpc) is 2.93. The van der Waals surface area contributed by atoms with Crippen LogP contribution in [0, 0.1) is 11.8 Å². The normalized spacial score (nSPS) is 19.0. The van der Waals surface area contributed by atoms with E-state index >= 15 is 4.39 Å². The molecule has 7 heteroatoms. The van der Waals surface area contributed by atoms with Gasteiger partial charge < -0.3 is 19.5 Å². The van der Waals surface area contributed by atoms with E-state index in [1.54, 1.807) is 26.5 Å². The number of carbonyl (C=O) groups is 1. The van der Waals surface area contributed by atoms with E-state index in [4.69, 9.17) is 9.47 Å². The molecule has 0 aliphatic carbocycles. The lowest BCUT2D eigenvalue weighted by Gasteiger charge is -2.37. The smallest absolute Gasteiger partial charge is 0.308 e. The number of pyridine rings is 1. The molecule has 0 bridgehead atoms. The summed E-state index contributed by atoms with van der Waals surface area (Å²) in [6.07, 6.45) is 5.16. The van der Waals surface area contributed by atoms with Crippen molar-refractivity contribution in [2.45, 2.75) is 44.7 Å². The first-order valence-corrected chi connectivity index (χ1v) is 13.1. The number of alkyl halides is 1. The highest BCUT2D eigenvalue weighted by Crippen LogP contribution is 2.35. The third-order valence-corrected chi connectivity index (χ3v) is 7.62. The van der Waals surface area contributed by atoms with E-state index in [1.165, 1.54) is 5.56 Å². The van der Waals surface area contributed by atoms with Crippen LogP contribution in [0.1, 0.15) is 49.4 Å². The summed E-state index contributed by atoms with van der Waals surface area (Å²) in [7, 11) is 3.25. The number of hydrogen-bond acceptors (Lipinski definition) is 5. The van der Waals surface area contributed by atoms with Crippen molar-refractivity contribution in [2.24, 2.45) is 11.8 Å². The zero-order chi connectivity index (χ0) is 26.2. The number of carboxylic acid groups (broad SMARTS) is 1. The summed E-state index contributed by atoms with van der Waals surface area (Å²) in [6, 6.07) is 15.3. The topological polar surface area (TPSA) is 71.9 Å². The lowest BCUT2D eigenvalue weighted by molar-refractivity contribution is -0.146. The van der Waals surface area contributed by atoms with Gasteiger partial charge in [-0.2, -0.15) is 0 Å². The Morgan fingerprint density at radius 1 is 1.11 bits per heavy atom. The van der Waals surface area contributed by atoms with Crippen LogP contribution in [0.4, 0.5) is 4.39 Å². The molecule has 2 aromatic carbocycles. The molecule has 6 nitrogen and oxygen atoms in total. The molecule has 1 saturated heterocycles. The number of carboxylic acids is 1. The molecule has 0 radical (unpaired) electrons. The van der Waals surface area contributed by atoms with Crippen molar-refractivity contribution in [3.8, 4) is 11.5 Å². The van der Waals surface area contributed by atoms with Crippen molar-refractivity contribution in [1.29, 1.82) is 0 Å². The van der Waals surface area contributed by atoms with Crippen LogP contribution < -0.4 is 9.47 Å². The molecule has 0 spiro atoms. The highest BCUT2D eigenvalue weighted by atomic mass is 19.1. The Kier molecular flexibility index (Phi) is 9.34. The van der Waals surface area contributed by atoms with Crippen molar-refractivity contribution in [3.63, 3.8) is 0 Å². The summed E-state index contributed by atoms with van der Waals surface area (Å²) >= 11 is 0. The Morgan fingerprint density at radius 3 is 2.59 bits per heavy atom. The zero-order valence-corrected chi connectivity index (χ0v) is 21.7. The Balaban J connectivity index is 1.27. The summed E-state index contributed by atoms with van der Waals surface area (Å²) in [6.45, 7) is 2.29. The Bertz CT molecular complexity index is 1170. The minimum atomic E-state index is -1.18. The molecule has 198 valence electrons. The number of aliphatic carboxylic acids is 1. The maximum atomic E-state index is 15.4. The quantitative estimate of drug-likeness (QED) is 0.299. The van der Waals surface area contributed by atoms with Crippen LogP contribution in [-0.2, 0) is 11.2 Å². The SMILES string of the molecule is COc1ccc(CCCCN2CC[C@@H](CCC(F)c3ccnc4ccc(OC)cc34)[C@@H](C(=O)O)C2)cc1. The Labute approximate surface area is 218 Å². The third kappa shape index (κ3) is 6.98. The molecule has 1 N–H and O–H groups in total. The molecule has 1 unspecified atom stereocenters. The summed E-state index contributed by atoms with van der Waals surface area (Å²) in [4.78, 5) is 18.7. The first kappa shape index (κ1) is 26.9. The monoisotopic (exact) mass is 508 g/mol. The van der Waals surface area contributed by atoms with Gasteiger partial charge in [0.15, 0.2) is 0 Å². The predicted molar refractivity (Wildman–Crippen MR) is 143 cm³/mol. The van der Waals surface area contributed by atoms with Gasteiger partial charge in [0.2, 0.25) is 0 Å². The second kappa shape index (κ2) is 12.9. The summed E-state index contributed by atoms with van der Waals surface area (Å²) in [5, 5.41) is 10.7. The second-order valence-electron chi connectivity index (χ2n) is 9.93. The van der Waals surface area contributed by atoms with Crippen LogP contribution in [0.15, 0.2) is 54.7 Å². The number of hydrogen-bond donors (Lipinski definition) is 1. The van der Waals surface area contributed by atoms with E-state index in [9.17, 15) is 9.90 Å². The fourth-order valence-corrected chi connectivity index (χ4v) is 5.42. The van der Waals surface area contributed by atoms with Crippen LogP contribution in [0.25, 0.3) is 10.9 Å². The van der Waals surface area contributed by atoms with Crippen molar-refractivity contribution in [2.75, 3.05) is 33.9 Å².